The van der Waals surface area contributed by atoms with E-state index in [2.05, 4.69) is 28.4 Å². The first kappa shape index (κ1) is 11.0. The number of carbonyl (C=O) groups is 1. The summed E-state index contributed by atoms with van der Waals surface area (Å²) in [5.74, 6) is 2.40. The predicted molar refractivity (Wildman–Crippen MR) is 55.7 cm³/mol. The molecule has 0 bridgehead atoms. The molecule has 1 aliphatic heterocycles. The van der Waals surface area contributed by atoms with Crippen molar-refractivity contribution in [1.29, 1.82) is 0 Å². The van der Waals surface area contributed by atoms with Crippen molar-refractivity contribution in [3.63, 3.8) is 0 Å². The average molecular weight is 195 g/mol. The van der Waals surface area contributed by atoms with Gasteiger partial charge < -0.3 is 10.6 Å². The fourth-order valence-corrected chi connectivity index (χ4v) is 1.51. The van der Waals surface area contributed by atoms with Gasteiger partial charge in [0.2, 0.25) is 5.91 Å². The van der Waals surface area contributed by atoms with Crippen LogP contribution in [0.25, 0.3) is 0 Å². The van der Waals surface area contributed by atoms with Gasteiger partial charge in [0, 0.05) is 25.7 Å². The van der Waals surface area contributed by atoms with Gasteiger partial charge in [-0.05, 0) is 6.92 Å². The van der Waals surface area contributed by atoms with E-state index < -0.39 is 0 Å². The highest BCUT2D eigenvalue weighted by atomic mass is 16.2. The van der Waals surface area contributed by atoms with Crippen LogP contribution in [0.4, 0.5) is 0 Å². The maximum Gasteiger partial charge on any atom is 0.234 e. The number of hydrogen-bond acceptors (Lipinski definition) is 3. The van der Waals surface area contributed by atoms with Crippen molar-refractivity contribution in [1.82, 2.24) is 15.5 Å². The van der Waals surface area contributed by atoms with Gasteiger partial charge >= 0.3 is 0 Å². The molecule has 4 heteroatoms. The summed E-state index contributed by atoms with van der Waals surface area (Å²) in [7, 11) is 0. The smallest absolute Gasteiger partial charge is 0.234 e. The fraction of sp³-hybridized carbons (Fsp3) is 0.700. The molecule has 78 valence electrons. The highest BCUT2D eigenvalue weighted by molar-refractivity contribution is 5.78. The van der Waals surface area contributed by atoms with E-state index in [0.717, 1.165) is 19.6 Å². The van der Waals surface area contributed by atoms with Gasteiger partial charge in [-0.25, -0.2) is 0 Å². The summed E-state index contributed by atoms with van der Waals surface area (Å²) in [5, 5.41) is 5.94. The van der Waals surface area contributed by atoms with Gasteiger partial charge in [-0.15, -0.1) is 6.42 Å². The molecule has 0 aliphatic carbocycles. The first-order chi connectivity index (χ1) is 6.74. The van der Waals surface area contributed by atoms with Crippen LogP contribution in [0.3, 0.4) is 0 Å². The molecular formula is C10H17N3O. The van der Waals surface area contributed by atoms with Crippen molar-refractivity contribution in [2.24, 2.45) is 0 Å². The maximum atomic E-state index is 11.3. The van der Waals surface area contributed by atoms with Crippen molar-refractivity contribution < 1.29 is 4.79 Å². The Hall–Kier alpha value is -1.05. The standard InChI is InChI=1S/C10H17N3O/c1-3-4-12-10(14)8-13-6-5-11-7-9(13)2/h1,9,11H,4-8H2,2H3,(H,12,14)/t9-/m1/s1. The molecule has 0 unspecified atom stereocenters. The first-order valence-electron chi connectivity index (χ1n) is 4.89. The molecule has 1 amide bonds. The highest BCUT2D eigenvalue weighted by Crippen LogP contribution is 2.00. The number of rotatable bonds is 3. The van der Waals surface area contributed by atoms with Gasteiger partial charge in [-0.2, -0.15) is 0 Å². The fourth-order valence-electron chi connectivity index (χ4n) is 1.51. The number of amides is 1. The number of hydrogen-bond donors (Lipinski definition) is 2. The van der Waals surface area contributed by atoms with E-state index >= 15 is 0 Å². The second kappa shape index (κ2) is 5.63. The maximum absolute atomic E-state index is 11.3. The van der Waals surface area contributed by atoms with Gasteiger partial charge in [0.25, 0.3) is 0 Å². The zero-order chi connectivity index (χ0) is 10.4. The van der Waals surface area contributed by atoms with Crippen LogP contribution < -0.4 is 10.6 Å². The topological polar surface area (TPSA) is 44.4 Å². The number of terminal acetylenes is 1. The van der Waals surface area contributed by atoms with Crippen LogP contribution in [0.2, 0.25) is 0 Å². The van der Waals surface area contributed by atoms with E-state index in [1.807, 2.05) is 0 Å². The van der Waals surface area contributed by atoms with Crippen molar-refractivity contribution in [2.45, 2.75) is 13.0 Å². The molecule has 0 aromatic rings. The van der Waals surface area contributed by atoms with Crippen molar-refractivity contribution in [3.8, 4) is 12.3 Å². The van der Waals surface area contributed by atoms with Crippen molar-refractivity contribution in [3.05, 3.63) is 0 Å². The molecule has 4 nitrogen and oxygen atoms in total. The molecule has 1 atom stereocenters. The molecule has 0 saturated carbocycles. The van der Waals surface area contributed by atoms with Gasteiger partial charge in [-0.1, -0.05) is 5.92 Å². The summed E-state index contributed by atoms with van der Waals surface area (Å²) in [6.07, 6.45) is 5.05. The third-order valence-electron chi connectivity index (χ3n) is 2.37. The summed E-state index contributed by atoms with van der Waals surface area (Å²) >= 11 is 0. The monoisotopic (exact) mass is 195 g/mol. The van der Waals surface area contributed by atoms with Gasteiger partial charge in [-0.3, -0.25) is 9.69 Å². The zero-order valence-corrected chi connectivity index (χ0v) is 8.55. The van der Waals surface area contributed by atoms with E-state index in [9.17, 15) is 4.79 Å². The number of carbonyl (C=O) groups excluding carboxylic acids is 1. The Morgan fingerprint density at radius 2 is 2.57 bits per heavy atom. The minimum Gasteiger partial charge on any atom is -0.344 e. The molecule has 0 aromatic heterocycles. The van der Waals surface area contributed by atoms with Gasteiger partial charge in [0.15, 0.2) is 0 Å². The second-order valence-corrected chi connectivity index (χ2v) is 3.50. The molecule has 0 aromatic carbocycles. The third-order valence-corrected chi connectivity index (χ3v) is 2.37. The van der Waals surface area contributed by atoms with Crippen LogP contribution in [0.1, 0.15) is 6.92 Å². The van der Waals surface area contributed by atoms with Crippen LogP contribution in [-0.2, 0) is 4.79 Å². The average Bonchev–Trinajstić information content (AvgIpc) is 2.18. The molecule has 2 N–H and O–H groups in total. The Bertz CT molecular complexity index is 234. The molecular weight excluding hydrogens is 178 g/mol. The Kier molecular flexibility index (Phi) is 4.44. The zero-order valence-electron chi connectivity index (χ0n) is 8.55. The minimum absolute atomic E-state index is 0.0108. The van der Waals surface area contributed by atoms with Crippen molar-refractivity contribution >= 4 is 5.91 Å². The molecule has 1 heterocycles. The molecule has 14 heavy (non-hydrogen) atoms. The Morgan fingerprint density at radius 1 is 1.79 bits per heavy atom. The summed E-state index contributed by atoms with van der Waals surface area (Å²) in [5.41, 5.74) is 0. The molecule has 0 radical (unpaired) electrons. The molecule has 1 saturated heterocycles. The van der Waals surface area contributed by atoms with E-state index in [4.69, 9.17) is 6.42 Å². The third kappa shape index (κ3) is 3.36. The van der Waals surface area contributed by atoms with E-state index in [1.54, 1.807) is 0 Å². The lowest BCUT2D eigenvalue weighted by Crippen LogP contribution is -2.52. The molecule has 1 fully saturated rings. The Labute approximate surface area is 85.0 Å². The van der Waals surface area contributed by atoms with Gasteiger partial charge in [0.05, 0.1) is 13.1 Å². The largest absolute Gasteiger partial charge is 0.344 e. The predicted octanol–water partition coefficient (Wildman–Crippen LogP) is -0.970. The molecule has 1 rings (SSSR count). The summed E-state index contributed by atoms with van der Waals surface area (Å²) in [6, 6.07) is 0.417. The van der Waals surface area contributed by atoms with Crippen LogP contribution >= 0.6 is 0 Å². The molecule has 1 aliphatic rings. The summed E-state index contributed by atoms with van der Waals surface area (Å²) in [4.78, 5) is 13.5. The summed E-state index contributed by atoms with van der Waals surface area (Å²) in [6.45, 7) is 5.70. The lowest BCUT2D eigenvalue weighted by atomic mass is 10.2. The summed E-state index contributed by atoms with van der Waals surface area (Å²) < 4.78 is 0. The lowest BCUT2D eigenvalue weighted by molar-refractivity contribution is -0.122. The Balaban J connectivity index is 2.28. The Morgan fingerprint density at radius 3 is 3.21 bits per heavy atom. The number of piperazine rings is 1. The van der Waals surface area contributed by atoms with Gasteiger partial charge in [0.1, 0.15) is 0 Å². The van der Waals surface area contributed by atoms with E-state index in [0.29, 0.717) is 19.1 Å². The van der Waals surface area contributed by atoms with Crippen LogP contribution in [0.5, 0.6) is 0 Å². The van der Waals surface area contributed by atoms with Crippen molar-refractivity contribution in [2.75, 3.05) is 32.7 Å². The highest BCUT2D eigenvalue weighted by Gasteiger charge is 2.19. The van der Waals surface area contributed by atoms with Crippen LogP contribution in [0.15, 0.2) is 0 Å². The van der Waals surface area contributed by atoms with E-state index in [-0.39, 0.29) is 5.91 Å². The normalized spacial score (nSPS) is 22.7. The minimum atomic E-state index is 0.0108. The molecule has 0 spiro atoms. The first-order valence-corrected chi connectivity index (χ1v) is 4.89. The number of nitrogens with one attached hydrogen (secondary N) is 2. The van der Waals surface area contributed by atoms with Crippen LogP contribution in [-0.4, -0.2) is 49.6 Å². The quantitative estimate of drug-likeness (QED) is 0.570. The van der Waals surface area contributed by atoms with Crippen LogP contribution in [0, 0.1) is 12.3 Å². The lowest BCUT2D eigenvalue weighted by Gasteiger charge is -2.33. The SMILES string of the molecule is C#CCNC(=O)CN1CCNC[C@H]1C. The number of nitrogens with zero attached hydrogens (tertiary/aromatic N) is 1. The van der Waals surface area contributed by atoms with E-state index in [1.165, 1.54) is 0 Å². The second-order valence-electron chi connectivity index (χ2n) is 3.50.